The summed E-state index contributed by atoms with van der Waals surface area (Å²) in [6.07, 6.45) is 2.70. The number of aliphatic hydroxyl groups is 4. The molecule has 8 heteroatoms. The van der Waals surface area contributed by atoms with Gasteiger partial charge in [0.15, 0.2) is 6.10 Å². The van der Waals surface area contributed by atoms with Crippen LogP contribution in [0.25, 0.3) is 0 Å². The van der Waals surface area contributed by atoms with Crippen molar-refractivity contribution in [1.82, 2.24) is 5.32 Å². The zero-order valence-corrected chi connectivity index (χ0v) is 15.6. The lowest BCUT2D eigenvalue weighted by Gasteiger charge is -2.24. The van der Waals surface area contributed by atoms with E-state index in [4.69, 9.17) is 10.2 Å². The smallest absolute Gasteiger partial charge is 0.303 e. The third-order valence-electron chi connectivity index (χ3n) is 4.30. The van der Waals surface area contributed by atoms with Crippen molar-refractivity contribution < 1.29 is 35.1 Å². The van der Waals surface area contributed by atoms with Crippen molar-refractivity contribution >= 4 is 11.9 Å². The first-order valence-corrected chi connectivity index (χ1v) is 9.49. The van der Waals surface area contributed by atoms with E-state index in [2.05, 4.69) is 5.32 Å². The van der Waals surface area contributed by atoms with Gasteiger partial charge in [0.1, 0.15) is 12.2 Å². The molecule has 8 nitrogen and oxygen atoms in total. The summed E-state index contributed by atoms with van der Waals surface area (Å²) in [6.45, 7) is 1.64. The molecule has 0 bridgehead atoms. The number of unbranched alkanes of at least 4 members (excludes halogenated alkanes) is 8. The van der Waals surface area contributed by atoms with Crippen LogP contribution in [0.3, 0.4) is 0 Å². The molecule has 0 aliphatic carbocycles. The molecule has 0 saturated carbocycles. The second-order valence-electron chi connectivity index (χ2n) is 6.78. The van der Waals surface area contributed by atoms with Gasteiger partial charge < -0.3 is 30.8 Å². The molecule has 0 rings (SSSR count). The van der Waals surface area contributed by atoms with Crippen molar-refractivity contribution in [1.29, 1.82) is 0 Å². The average molecular weight is 377 g/mol. The number of aliphatic hydroxyl groups excluding tert-OH is 4. The molecule has 0 fully saturated rings. The number of carboxylic acids is 1. The van der Waals surface area contributed by atoms with Crippen LogP contribution in [0.2, 0.25) is 0 Å². The quantitative estimate of drug-likeness (QED) is 0.215. The maximum absolute atomic E-state index is 11.7. The van der Waals surface area contributed by atoms with Gasteiger partial charge in [0.05, 0.1) is 6.10 Å². The molecule has 0 aromatic carbocycles. The summed E-state index contributed by atoms with van der Waals surface area (Å²) in [5.41, 5.74) is 0. The van der Waals surface area contributed by atoms with Gasteiger partial charge in [0.2, 0.25) is 0 Å². The van der Waals surface area contributed by atoms with E-state index in [0.29, 0.717) is 6.54 Å². The first kappa shape index (κ1) is 24.8. The van der Waals surface area contributed by atoms with Crippen molar-refractivity contribution in [2.75, 3.05) is 6.54 Å². The summed E-state index contributed by atoms with van der Waals surface area (Å²) in [7, 11) is 0. The second kappa shape index (κ2) is 14.9. The van der Waals surface area contributed by atoms with Crippen molar-refractivity contribution in [3.8, 4) is 0 Å². The topological polar surface area (TPSA) is 147 Å². The SMILES string of the molecule is C[C@@H](O)[C@@H](O)[C@H](O)[C@@H](O)C(=O)NCCCCCCCCCCCC(=O)O. The number of carbonyl (C=O) groups is 2. The lowest BCUT2D eigenvalue weighted by atomic mass is 10.0. The number of hydrogen-bond donors (Lipinski definition) is 6. The number of nitrogens with one attached hydrogen (secondary N) is 1. The van der Waals surface area contributed by atoms with Crippen LogP contribution in [0.1, 0.15) is 71.1 Å². The molecule has 6 N–H and O–H groups in total. The summed E-state index contributed by atoms with van der Waals surface area (Å²) in [5, 5.41) is 48.8. The lowest BCUT2D eigenvalue weighted by Crippen LogP contribution is -2.50. The van der Waals surface area contributed by atoms with Crippen LogP contribution >= 0.6 is 0 Å². The largest absolute Gasteiger partial charge is 0.481 e. The third-order valence-corrected chi connectivity index (χ3v) is 4.30. The Morgan fingerprint density at radius 3 is 1.69 bits per heavy atom. The zero-order valence-electron chi connectivity index (χ0n) is 15.6. The Balaban J connectivity index is 3.54. The molecule has 1 amide bonds. The Hall–Kier alpha value is -1.22. The van der Waals surface area contributed by atoms with Crippen LogP contribution < -0.4 is 5.32 Å². The van der Waals surface area contributed by atoms with Crippen LogP contribution in [0.15, 0.2) is 0 Å². The number of carbonyl (C=O) groups excluding carboxylic acids is 1. The van der Waals surface area contributed by atoms with E-state index in [0.717, 1.165) is 57.8 Å². The van der Waals surface area contributed by atoms with Gasteiger partial charge in [-0.05, 0) is 19.8 Å². The summed E-state index contributed by atoms with van der Waals surface area (Å²) in [4.78, 5) is 22.0. The number of aliphatic carboxylic acids is 1. The van der Waals surface area contributed by atoms with Gasteiger partial charge >= 0.3 is 5.97 Å². The fourth-order valence-electron chi connectivity index (χ4n) is 2.58. The fraction of sp³-hybridized carbons (Fsp3) is 0.889. The van der Waals surface area contributed by atoms with Gasteiger partial charge in [-0.3, -0.25) is 9.59 Å². The molecule has 154 valence electrons. The van der Waals surface area contributed by atoms with Crippen LogP contribution in [0.5, 0.6) is 0 Å². The van der Waals surface area contributed by atoms with E-state index in [9.17, 15) is 24.9 Å². The van der Waals surface area contributed by atoms with E-state index >= 15 is 0 Å². The summed E-state index contributed by atoms with van der Waals surface area (Å²) < 4.78 is 0. The predicted molar refractivity (Wildman–Crippen MR) is 96.5 cm³/mol. The molecule has 0 saturated heterocycles. The van der Waals surface area contributed by atoms with Crippen LogP contribution in [0, 0.1) is 0 Å². The molecule has 0 unspecified atom stereocenters. The molecule has 0 aromatic heterocycles. The van der Waals surface area contributed by atoms with E-state index in [1.165, 1.54) is 6.92 Å². The highest BCUT2D eigenvalue weighted by molar-refractivity contribution is 5.81. The molecule has 0 radical (unpaired) electrons. The minimum absolute atomic E-state index is 0.245. The minimum atomic E-state index is -1.78. The van der Waals surface area contributed by atoms with Gasteiger partial charge in [-0.25, -0.2) is 0 Å². The summed E-state index contributed by atoms with van der Waals surface area (Å²) in [5.74, 6) is -1.50. The standard InChI is InChI=1S/C18H35NO7/c1-13(20)15(23)16(24)17(25)18(26)19-12-10-8-6-4-2-3-5-7-9-11-14(21)22/h13,15-17,20,23-25H,2-12H2,1H3,(H,19,26)(H,21,22)/t13-,15-,16+,17-/m1/s1. The monoisotopic (exact) mass is 377 g/mol. The van der Waals surface area contributed by atoms with E-state index in [1.54, 1.807) is 0 Å². The van der Waals surface area contributed by atoms with Crippen molar-refractivity contribution in [3.63, 3.8) is 0 Å². The van der Waals surface area contributed by atoms with E-state index < -0.39 is 36.3 Å². The second-order valence-corrected chi connectivity index (χ2v) is 6.78. The highest BCUT2D eigenvalue weighted by atomic mass is 16.4. The minimum Gasteiger partial charge on any atom is -0.481 e. The molecule has 0 spiro atoms. The lowest BCUT2D eigenvalue weighted by molar-refractivity contribution is -0.145. The Kier molecular flexibility index (Phi) is 14.2. The highest BCUT2D eigenvalue weighted by Gasteiger charge is 2.32. The molecule has 0 aromatic rings. The number of amides is 1. The maximum atomic E-state index is 11.7. The molecule has 4 atom stereocenters. The first-order valence-electron chi connectivity index (χ1n) is 9.49. The zero-order chi connectivity index (χ0) is 19.9. The van der Waals surface area contributed by atoms with E-state index in [-0.39, 0.29) is 6.42 Å². The number of rotatable bonds is 16. The van der Waals surface area contributed by atoms with Crippen LogP contribution in [0.4, 0.5) is 0 Å². The number of carboxylic acid groups (broad SMARTS) is 1. The van der Waals surface area contributed by atoms with Crippen molar-refractivity contribution in [2.24, 2.45) is 0 Å². The van der Waals surface area contributed by atoms with Gasteiger partial charge in [-0.1, -0.05) is 44.9 Å². The summed E-state index contributed by atoms with van der Waals surface area (Å²) in [6, 6.07) is 0. The molecule has 0 aliphatic heterocycles. The molecule has 0 aliphatic rings. The maximum Gasteiger partial charge on any atom is 0.303 e. The number of hydrogen-bond acceptors (Lipinski definition) is 6. The summed E-state index contributed by atoms with van der Waals surface area (Å²) >= 11 is 0. The average Bonchev–Trinajstić information content (AvgIpc) is 2.59. The fourth-order valence-corrected chi connectivity index (χ4v) is 2.58. The predicted octanol–water partition coefficient (Wildman–Crippen LogP) is 0.552. The highest BCUT2D eigenvalue weighted by Crippen LogP contribution is 2.10. The van der Waals surface area contributed by atoms with Crippen LogP contribution in [-0.4, -0.2) is 68.4 Å². The van der Waals surface area contributed by atoms with E-state index in [1.807, 2.05) is 0 Å². The Bertz CT molecular complexity index is 390. The first-order chi connectivity index (χ1) is 12.3. The molecule has 0 heterocycles. The van der Waals surface area contributed by atoms with Gasteiger partial charge in [-0.2, -0.15) is 0 Å². The Morgan fingerprint density at radius 1 is 0.769 bits per heavy atom. The van der Waals surface area contributed by atoms with Crippen molar-refractivity contribution in [2.45, 2.75) is 95.5 Å². The van der Waals surface area contributed by atoms with Gasteiger partial charge in [-0.15, -0.1) is 0 Å². The van der Waals surface area contributed by atoms with Crippen molar-refractivity contribution in [3.05, 3.63) is 0 Å². The molecular weight excluding hydrogens is 342 g/mol. The van der Waals surface area contributed by atoms with Gasteiger partial charge in [0, 0.05) is 13.0 Å². The molecule has 26 heavy (non-hydrogen) atoms. The van der Waals surface area contributed by atoms with Gasteiger partial charge in [0.25, 0.3) is 5.91 Å². The Morgan fingerprint density at radius 2 is 1.23 bits per heavy atom. The van der Waals surface area contributed by atoms with Crippen LogP contribution in [-0.2, 0) is 9.59 Å². The third kappa shape index (κ3) is 12.2. The Labute approximate surface area is 155 Å². The normalized spacial score (nSPS) is 15.9. The molecular formula is C18H35NO7.